The Bertz CT molecular complexity index is 172. The molecule has 0 aliphatic heterocycles. The van der Waals surface area contributed by atoms with Crippen LogP contribution in [0.3, 0.4) is 0 Å². The summed E-state index contributed by atoms with van der Waals surface area (Å²) in [5, 5.41) is 4.08. The predicted molar refractivity (Wildman–Crippen MR) is 44.5 cm³/mol. The smallest absolute Gasteiger partial charge is 0.106 e. The molecule has 0 spiro atoms. The minimum atomic E-state index is 0.787. The van der Waals surface area contributed by atoms with Crippen molar-refractivity contribution in [1.29, 1.82) is 0 Å². The molecule has 0 saturated heterocycles. The van der Waals surface area contributed by atoms with Gasteiger partial charge in [0.15, 0.2) is 0 Å². The van der Waals surface area contributed by atoms with Crippen LogP contribution < -0.4 is 0 Å². The average Bonchev–Trinajstić information content (AvgIpc) is 2.75. The summed E-state index contributed by atoms with van der Waals surface area (Å²) in [6.07, 6.45) is 6.70. The van der Waals surface area contributed by atoms with Crippen LogP contribution >= 0.6 is 0 Å². The molecule has 2 nitrogen and oxygen atoms in total. The quantitative estimate of drug-likeness (QED) is 0.557. The van der Waals surface area contributed by atoms with Gasteiger partial charge in [-0.1, -0.05) is 5.16 Å². The van der Waals surface area contributed by atoms with E-state index in [9.17, 15) is 0 Å². The van der Waals surface area contributed by atoms with Crippen molar-refractivity contribution >= 4 is 5.71 Å². The molecular formula is C9H15NO. The Morgan fingerprint density at radius 1 is 1.36 bits per heavy atom. The minimum absolute atomic E-state index is 0.787. The van der Waals surface area contributed by atoms with Gasteiger partial charge in [-0.25, -0.2) is 0 Å². The molecule has 0 aromatic carbocycles. The van der Waals surface area contributed by atoms with Crippen molar-refractivity contribution in [2.45, 2.75) is 32.1 Å². The minimum Gasteiger partial charge on any atom is -0.399 e. The van der Waals surface area contributed by atoms with E-state index in [0.717, 1.165) is 11.8 Å². The fraction of sp³-hybridized carbons (Fsp3) is 0.889. The molecule has 1 unspecified atom stereocenters. The van der Waals surface area contributed by atoms with E-state index in [-0.39, 0.29) is 0 Å². The van der Waals surface area contributed by atoms with Crippen LogP contribution in [0.15, 0.2) is 5.16 Å². The van der Waals surface area contributed by atoms with Crippen molar-refractivity contribution in [3.8, 4) is 0 Å². The van der Waals surface area contributed by atoms with Crippen molar-refractivity contribution in [2.75, 3.05) is 7.11 Å². The lowest BCUT2D eigenvalue weighted by Gasteiger charge is -2.06. The second kappa shape index (κ2) is 2.84. The Labute approximate surface area is 67.6 Å². The van der Waals surface area contributed by atoms with E-state index in [1.165, 1.54) is 37.8 Å². The highest BCUT2D eigenvalue weighted by Crippen LogP contribution is 2.43. The number of rotatable bonds is 2. The lowest BCUT2D eigenvalue weighted by Crippen LogP contribution is -2.09. The fourth-order valence-corrected chi connectivity index (χ4v) is 2.09. The maximum absolute atomic E-state index is 4.82. The van der Waals surface area contributed by atoms with Crippen LogP contribution in [0.25, 0.3) is 0 Å². The van der Waals surface area contributed by atoms with Gasteiger partial charge in [0.2, 0.25) is 0 Å². The second-order valence-electron chi connectivity index (χ2n) is 3.60. The highest BCUT2D eigenvalue weighted by molar-refractivity contribution is 5.88. The monoisotopic (exact) mass is 153 g/mol. The van der Waals surface area contributed by atoms with Crippen LogP contribution in [0.2, 0.25) is 0 Å². The van der Waals surface area contributed by atoms with Gasteiger partial charge in [0.05, 0.1) is 5.71 Å². The van der Waals surface area contributed by atoms with E-state index in [2.05, 4.69) is 5.16 Å². The highest BCUT2D eigenvalue weighted by atomic mass is 16.6. The van der Waals surface area contributed by atoms with Crippen molar-refractivity contribution in [3.63, 3.8) is 0 Å². The average molecular weight is 153 g/mol. The van der Waals surface area contributed by atoms with Crippen LogP contribution in [-0.2, 0) is 4.84 Å². The van der Waals surface area contributed by atoms with Gasteiger partial charge in [0.1, 0.15) is 7.11 Å². The van der Waals surface area contributed by atoms with Crippen LogP contribution in [0.5, 0.6) is 0 Å². The summed E-state index contributed by atoms with van der Waals surface area (Å²) in [4.78, 5) is 4.82. The molecule has 0 heterocycles. The largest absolute Gasteiger partial charge is 0.399 e. The Balaban J connectivity index is 2.01. The summed E-state index contributed by atoms with van der Waals surface area (Å²) >= 11 is 0. The van der Waals surface area contributed by atoms with E-state index >= 15 is 0 Å². The van der Waals surface area contributed by atoms with Gasteiger partial charge in [-0.15, -0.1) is 0 Å². The maximum atomic E-state index is 4.82. The number of nitrogens with zero attached hydrogens (tertiary/aromatic N) is 1. The molecule has 0 aromatic rings. The van der Waals surface area contributed by atoms with Gasteiger partial charge >= 0.3 is 0 Å². The third-order valence-electron chi connectivity index (χ3n) is 2.78. The first-order valence-corrected chi connectivity index (χ1v) is 4.51. The predicted octanol–water partition coefficient (Wildman–Crippen LogP) is 2.20. The molecule has 0 radical (unpaired) electrons. The molecule has 0 amide bonds. The molecular weight excluding hydrogens is 138 g/mol. The van der Waals surface area contributed by atoms with E-state index in [0.29, 0.717) is 0 Å². The summed E-state index contributed by atoms with van der Waals surface area (Å²) in [6, 6.07) is 0. The third-order valence-corrected chi connectivity index (χ3v) is 2.78. The summed E-state index contributed by atoms with van der Waals surface area (Å²) in [6.45, 7) is 0. The number of hydrogen-bond donors (Lipinski definition) is 0. The Morgan fingerprint density at radius 2 is 2.18 bits per heavy atom. The maximum Gasteiger partial charge on any atom is 0.106 e. The Morgan fingerprint density at radius 3 is 2.82 bits per heavy atom. The van der Waals surface area contributed by atoms with Crippen LogP contribution in [0.4, 0.5) is 0 Å². The number of oxime groups is 1. The highest BCUT2D eigenvalue weighted by Gasteiger charge is 2.37. The van der Waals surface area contributed by atoms with Gasteiger partial charge in [-0.05, 0) is 38.0 Å². The lowest BCUT2D eigenvalue weighted by atomic mass is 10.0. The molecule has 2 saturated carbocycles. The van der Waals surface area contributed by atoms with E-state index in [1.807, 2.05) is 0 Å². The topological polar surface area (TPSA) is 21.6 Å². The first-order valence-electron chi connectivity index (χ1n) is 4.51. The molecule has 0 aromatic heterocycles. The first kappa shape index (κ1) is 7.14. The van der Waals surface area contributed by atoms with Crippen molar-refractivity contribution in [1.82, 2.24) is 0 Å². The zero-order chi connectivity index (χ0) is 7.68. The van der Waals surface area contributed by atoms with Gasteiger partial charge in [0.25, 0.3) is 0 Å². The lowest BCUT2D eigenvalue weighted by molar-refractivity contribution is 0.210. The van der Waals surface area contributed by atoms with Gasteiger partial charge in [0, 0.05) is 5.92 Å². The Kier molecular flexibility index (Phi) is 1.84. The van der Waals surface area contributed by atoms with Crippen molar-refractivity contribution in [3.05, 3.63) is 0 Å². The molecule has 2 heteroatoms. The Hall–Kier alpha value is -0.530. The van der Waals surface area contributed by atoms with Crippen LogP contribution in [-0.4, -0.2) is 12.8 Å². The molecule has 2 aliphatic rings. The molecule has 0 N–H and O–H groups in total. The summed E-state index contributed by atoms with van der Waals surface area (Å²) < 4.78 is 0. The van der Waals surface area contributed by atoms with Crippen LogP contribution in [0, 0.1) is 11.8 Å². The van der Waals surface area contributed by atoms with Gasteiger partial charge in [-0.2, -0.15) is 0 Å². The molecule has 11 heavy (non-hydrogen) atoms. The first-order chi connectivity index (χ1) is 5.42. The van der Waals surface area contributed by atoms with E-state index in [1.54, 1.807) is 7.11 Å². The standard InChI is InChI=1S/C9H15NO/c1-11-10-9-4-2-3-8(9)7-5-6-7/h7-8H,2-6H2,1H3/b10-9-. The zero-order valence-corrected chi connectivity index (χ0v) is 7.05. The molecule has 62 valence electrons. The summed E-state index contributed by atoms with van der Waals surface area (Å²) in [7, 11) is 1.65. The second-order valence-corrected chi connectivity index (χ2v) is 3.60. The molecule has 2 aliphatic carbocycles. The molecule has 1 atom stereocenters. The third kappa shape index (κ3) is 1.39. The van der Waals surface area contributed by atoms with Crippen LogP contribution in [0.1, 0.15) is 32.1 Å². The summed E-state index contributed by atoms with van der Waals surface area (Å²) in [5.74, 6) is 1.75. The zero-order valence-electron chi connectivity index (χ0n) is 7.05. The van der Waals surface area contributed by atoms with Gasteiger partial charge < -0.3 is 4.84 Å². The molecule has 2 fully saturated rings. The van der Waals surface area contributed by atoms with Gasteiger partial charge in [-0.3, -0.25) is 0 Å². The molecule has 0 bridgehead atoms. The fourth-order valence-electron chi connectivity index (χ4n) is 2.09. The molecule has 2 rings (SSSR count). The van der Waals surface area contributed by atoms with E-state index in [4.69, 9.17) is 4.84 Å². The normalized spacial score (nSPS) is 34.6. The SMILES string of the molecule is CO/N=C1/CCCC1C1CC1. The van der Waals surface area contributed by atoms with Crippen molar-refractivity contribution < 1.29 is 4.84 Å². The summed E-state index contributed by atoms with van der Waals surface area (Å²) in [5.41, 5.74) is 1.33. The van der Waals surface area contributed by atoms with E-state index < -0.39 is 0 Å². The van der Waals surface area contributed by atoms with Crippen molar-refractivity contribution in [2.24, 2.45) is 17.0 Å². The number of hydrogen-bond acceptors (Lipinski definition) is 2.